The summed E-state index contributed by atoms with van der Waals surface area (Å²) in [6, 6.07) is 0. The van der Waals surface area contributed by atoms with E-state index >= 15 is 0 Å². The van der Waals surface area contributed by atoms with Crippen LogP contribution in [0.25, 0.3) is 0 Å². The van der Waals surface area contributed by atoms with Gasteiger partial charge in [-0.15, -0.1) is 0 Å². The summed E-state index contributed by atoms with van der Waals surface area (Å²) in [5.74, 6) is 3.12. The zero-order valence-electron chi connectivity index (χ0n) is 11.2. The average molecular weight is 252 g/mol. The Morgan fingerprint density at radius 1 is 1.22 bits per heavy atom. The fraction of sp³-hybridized carbons (Fsp3) is 0.643. The van der Waals surface area contributed by atoms with Crippen molar-refractivity contribution in [3.8, 4) is 11.8 Å². The molecule has 4 nitrogen and oxygen atoms in total. The second-order valence-corrected chi connectivity index (χ2v) is 4.07. The predicted molar refractivity (Wildman–Crippen MR) is 67.7 cm³/mol. The summed E-state index contributed by atoms with van der Waals surface area (Å²) in [5, 5.41) is 0. The molecule has 1 atom stereocenters. The Hall–Kier alpha value is -1.63. The molecule has 18 heavy (non-hydrogen) atoms. The first-order valence-corrected chi connectivity index (χ1v) is 6.12. The number of carbonyl (C=O) groups is 3. The van der Waals surface area contributed by atoms with Crippen LogP contribution in [-0.2, 0) is 19.1 Å². The molecule has 0 rings (SSSR count). The number of Topliss-reactive ketones (excluding diaryl/α,β-unsaturated/α-hetero) is 2. The van der Waals surface area contributed by atoms with Crippen LogP contribution in [0.3, 0.4) is 0 Å². The number of methoxy groups -OCH3 is 1. The molecule has 0 amide bonds. The molecular weight excluding hydrogens is 232 g/mol. The largest absolute Gasteiger partial charge is 0.468 e. The highest BCUT2D eigenvalue weighted by molar-refractivity contribution is 5.98. The lowest BCUT2D eigenvalue weighted by Gasteiger charge is -2.06. The first-order chi connectivity index (χ1) is 8.52. The van der Waals surface area contributed by atoms with Crippen molar-refractivity contribution in [2.24, 2.45) is 5.92 Å². The Kier molecular flexibility index (Phi) is 8.55. The minimum Gasteiger partial charge on any atom is -0.468 e. The quantitative estimate of drug-likeness (QED) is 0.228. The van der Waals surface area contributed by atoms with E-state index in [0.717, 1.165) is 19.3 Å². The molecule has 0 saturated heterocycles. The van der Waals surface area contributed by atoms with E-state index in [-0.39, 0.29) is 18.0 Å². The number of hydrogen-bond acceptors (Lipinski definition) is 4. The highest BCUT2D eigenvalue weighted by Gasteiger charge is 2.22. The normalized spacial score (nSPS) is 11.1. The van der Waals surface area contributed by atoms with Gasteiger partial charge < -0.3 is 4.74 Å². The number of ether oxygens (including phenoxy) is 1. The molecule has 0 spiro atoms. The molecule has 0 aromatic carbocycles. The van der Waals surface area contributed by atoms with Gasteiger partial charge in [0.05, 0.1) is 7.11 Å². The van der Waals surface area contributed by atoms with E-state index in [2.05, 4.69) is 23.5 Å². The second kappa shape index (κ2) is 9.41. The number of unbranched alkanes of at least 4 members (excludes halogenated alkanes) is 2. The van der Waals surface area contributed by atoms with Gasteiger partial charge in [0.25, 0.3) is 0 Å². The van der Waals surface area contributed by atoms with Crippen molar-refractivity contribution < 1.29 is 19.1 Å². The molecule has 0 fully saturated rings. The molecule has 0 aliphatic carbocycles. The van der Waals surface area contributed by atoms with E-state index in [4.69, 9.17) is 0 Å². The molecule has 0 saturated carbocycles. The number of ketones is 2. The van der Waals surface area contributed by atoms with Crippen molar-refractivity contribution in [2.45, 2.75) is 46.0 Å². The number of carbonyl (C=O) groups excluding carboxylic acids is 3. The van der Waals surface area contributed by atoms with Gasteiger partial charge in [0.1, 0.15) is 11.7 Å². The summed E-state index contributed by atoms with van der Waals surface area (Å²) in [7, 11) is 1.22. The number of esters is 1. The van der Waals surface area contributed by atoms with Crippen molar-refractivity contribution in [1.82, 2.24) is 0 Å². The Morgan fingerprint density at radius 2 is 1.89 bits per heavy atom. The van der Waals surface area contributed by atoms with Crippen molar-refractivity contribution in [2.75, 3.05) is 7.11 Å². The van der Waals surface area contributed by atoms with E-state index in [1.807, 2.05) is 0 Å². The molecule has 0 aromatic heterocycles. The summed E-state index contributed by atoms with van der Waals surface area (Å²) in [6.07, 6.45) is 3.36. The first-order valence-electron chi connectivity index (χ1n) is 6.12. The molecule has 1 unspecified atom stereocenters. The monoisotopic (exact) mass is 252 g/mol. The minimum absolute atomic E-state index is 0.0432. The van der Waals surface area contributed by atoms with Crippen LogP contribution < -0.4 is 0 Å². The van der Waals surface area contributed by atoms with Gasteiger partial charge in [-0.3, -0.25) is 14.4 Å². The van der Waals surface area contributed by atoms with E-state index in [1.54, 1.807) is 0 Å². The zero-order valence-corrected chi connectivity index (χ0v) is 11.2. The summed E-state index contributed by atoms with van der Waals surface area (Å²) in [4.78, 5) is 33.8. The van der Waals surface area contributed by atoms with Gasteiger partial charge in [0.2, 0.25) is 5.78 Å². The molecule has 100 valence electrons. The van der Waals surface area contributed by atoms with E-state index in [1.165, 1.54) is 14.0 Å². The maximum Gasteiger partial charge on any atom is 0.317 e. The van der Waals surface area contributed by atoms with E-state index in [0.29, 0.717) is 6.42 Å². The van der Waals surface area contributed by atoms with Gasteiger partial charge >= 0.3 is 5.97 Å². The molecule has 0 aromatic rings. The molecule has 0 aliphatic rings. The Morgan fingerprint density at radius 3 is 2.39 bits per heavy atom. The van der Waals surface area contributed by atoms with Gasteiger partial charge in [0.15, 0.2) is 0 Å². The molecule has 0 bridgehead atoms. The van der Waals surface area contributed by atoms with Crippen LogP contribution >= 0.6 is 0 Å². The minimum atomic E-state index is -0.883. The second-order valence-electron chi connectivity index (χ2n) is 4.07. The molecule has 0 radical (unpaired) electrons. The SMILES string of the molecule is CCCCCC(=O)C#CCC(C(C)=O)C(=O)OC. The number of hydrogen-bond donors (Lipinski definition) is 0. The lowest BCUT2D eigenvalue weighted by atomic mass is 10.0. The third-order valence-corrected chi connectivity index (χ3v) is 2.52. The standard InChI is InChI=1S/C14H20O4/c1-4-5-6-8-12(16)9-7-10-13(11(2)15)14(17)18-3/h13H,4-6,8,10H2,1-3H3. The number of rotatable bonds is 7. The van der Waals surface area contributed by atoms with E-state index in [9.17, 15) is 14.4 Å². The van der Waals surface area contributed by atoms with Crippen LogP contribution in [0.2, 0.25) is 0 Å². The third-order valence-electron chi connectivity index (χ3n) is 2.52. The summed E-state index contributed by atoms with van der Waals surface area (Å²) in [6.45, 7) is 3.37. The molecular formula is C14H20O4. The highest BCUT2D eigenvalue weighted by Crippen LogP contribution is 2.06. The van der Waals surface area contributed by atoms with Gasteiger partial charge in [-0.05, 0) is 19.3 Å². The molecule has 0 N–H and O–H groups in total. The summed E-state index contributed by atoms with van der Waals surface area (Å²) >= 11 is 0. The van der Waals surface area contributed by atoms with Crippen molar-refractivity contribution in [3.05, 3.63) is 0 Å². The van der Waals surface area contributed by atoms with E-state index < -0.39 is 11.9 Å². The lowest BCUT2D eigenvalue weighted by molar-refractivity contribution is -0.148. The Balaban J connectivity index is 4.23. The van der Waals surface area contributed by atoms with Crippen molar-refractivity contribution in [1.29, 1.82) is 0 Å². The fourth-order valence-electron chi connectivity index (χ4n) is 1.39. The Labute approximate surface area is 108 Å². The van der Waals surface area contributed by atoms with Gasteiger partial charge in [-0.1, -0.05) is 25.7 Å². The van der Waals surface area contributed by atoms with Crippen LogP contribution in [0.15, 0.2) is 0 Å². The van der Waals surface area contributed by atoms with Gasteiger partial charge in [-0.25, -0.2) is 0 Å². The summed E-state index contributed by atoms with van der Waals surface area (Å²) < 4.78 is 4.50. The van der Waals surface area contributed by atoms with Crippen LogP contribution in [0, 0.1) is 17.8 Å². The first kappa shape index (κ1) is 16.4. The maximum atomic E-state index is 11.3. The maximum absolute atomic E-state index is 11.3. The lowest BCUT2D eigenvalue weighted by Crippen LogP contribution is -2.22. The topological polar surface area (TPSA) is 60.4 Å². The molecule has 4 heteroatoms. The third kappa shape index (κ3) is 6.85. The fourth-order valence-corrected chi connectivity index (χ4v) is 1.39. The van der Waals surface area contributed by atoms with Gasteiger partial charge in [0, 0.05) is 12.8 Å². The van der Waals surface area contributed by atoms with Crippen molar-refractivity contribution in [3.63, 3.8) is 0 Å². The highest BCUT2D eigenvalue weighted by atomic mass is 16.5. The Bertz CT molecular complexity index is 360. The van der Waals surface area contributed by atoms with Crippen LogP contribution in [0.4, 0.5) is 0 Å². The smallest absolute Gasteiger partial charge is 0.317 e. The average Bonchev–Trinajstić information content (AvgIpc) is 2.33. The molecule has 0 heterocycles. The van der Waals surface area contributed by atoms with Crippen LogP contribution in [-0.4, -0.2) is 24.6 Å². The van der Waals surface area contributed by atoms with Crippen LogP contribution in [0.5, 0.6) is 0 Å². The summed E-state index contributed by atoms with van der Waals surface area (Å²) in [5.41, 5.74) is 0. The van der Waals surface area contributed by atoms with Crippen molar-refractivity contribution >= 4 is 17.5 Å². The van der Waals surface area contributed by atoms with Gasteiger partial charge in [-0.2, -0.15) is 0 Å². The zero-order chi connectivity index (χ0) is 14.0. The van der Waals surface area contributed by atoms with Crippen LogP contribution in [0.1, 0.15) is 46.0 Å². The molecule has 0 aliphatic heterocycles. The predicted octanol–water partition coefficient (Wildman–Crippen LogP) is 1.91.